The van der Waals surface area contributed by atoms with Gasteiger partial charge < -0.3 is 10.2 Å². The van der Waals surface area contributed by atoms with E-state index in [9.17, 15) is 18.0 Å². The van der Waals surface area contributed by atoms with Crippen LogP contribution in [0.2, 0.25) is 0 Å². The highest BCUT2D eigenvalue weighted by molar-refractivity contribution is 7.92. The summed E-state index contributed by atoms with van der Waals surface area (Å²) < 4.78 is 28.9. The second-order valence-corrected chi connectivity index (χ2v) is 12.6. The van der Waals surface area contributed by atoms with Crippen LogP contribution in [0, 0.1) is 6.92 Å². The largest absolute Gasteiger partial charge is 0.352 e. The van der Waals surface area contributed by atoms with E-state index in [0.717, 1.165) is 41.1 Å². The van der Waals surface area contributed by atoms with Crippen LogP contribution in [0.5, 0.6) is 0 Å². The number of nitrogens with one attached hydrogen (secondary N) is 1. The molecule has 3 aromatic rings. The fraction of sp³-hybridized carbons (Fsp3) is 0.394. The van der Waals surface area contributed by atoms with Crippen LogP contribution < -0.4 is 9.62 Å². The number of carbonyl (C=O) groups is 2. The molecule has 7 nitrogen and oxygen atoms in total. The Kier molecular flexibility index (Phi) is 10.6. The third kappa shape index (κ3) is 7.97. The second kappa shape index (κ2) is 14.3. The number of nitrogens with zero attached hydrogens (tertiary/aromatic N) is 2. The van der Waals surface area contributed by atoms with Crippen molar-refractivity contribution < 1.29 is 18.0 Å². The summed E-state index contributed by atoms with van der Waals surface area (Å²) in [4.78, 5) is 29.4. The standard InChI is InChI=1S/C33H41N3O4S/c1-3-31(33(38)34-28-15-9-5-10-16-28)35(24-23-27-13-7-4-8-14-27)32(37)25-36(29-21-19-26(2)20-22-29)41(39,40)30-17-11-6-12-18-30/h4,6-8,11-14,17-22,28,31H,3,5,9-10,15-16,23-25H2,1-2H3,(H,34,38)/t31-/m0/s1. The fourth-order valence-corrected chi connectivity index (χ4v) is 6.83. The van der Waals surface area contributed by atoms with Crippen molar-refractivity contribution in [3.05, 3.63) is 96.1 Å². The van der Waals surface area contributed by atoms with E-state index in [0.29, 0.717) is 25.1 Å². The van der Waals surface area contributed by atoms with Crippen molar-refractivity contribution in [3.8, 4) is 0 Å². The van der Waals surface area contributed by atoms with E-state index in [-0.39, 0.29) is 16.8 Å². The van der Waals surface area contributed by atoms with Crippen LogP contribution in [0.3, 0.4) is 0 Å². The molecule has 0 unspecified atom stereocenters. The van der Waals surface area contributed by atoms with Crippen LogP contribution in [0.1, 0.15) is 56.6 Å². The van der Waals surface area contributed by atoms with E-state index in [1.807, 2.05) is 56.3 Å². The minimum atomic E-state index is -4.05. The maximum atomic E-state index is 14.1. The third-order valence-electron chi connectivity index (χ3n) is 7.75. The van der Waals surface area contributed by atoms with Crippen molar-refractivity contribution in [1.29, 1.82) is 0 Å². The number of carbonyl (C=O) groups excluding carboxylic acids is 2. The van der Waals surface area contributed by atoms with Crippen molar-refractivity contribution in [2.24, 2.45) is 0 Å². The summed E-state index contributed by atoms with van der Waals surface area (Å²) in [6, 6.07) is 24.4. The van der Waals surface area contributed by atoms with Gasteiger partial charge in [0.1, 0.15) is 12.6 Å². The molecule has 0 bridgehead atoms. The predicted molar refractivity (Wildman–Crippen MR) is 163 cm³/mol. The maximum Gasteiger partial charge on any atom is 0.264 e. The van der Waals surface area contributed by atoms with Gasteiger partial charge in [-0.1, -0.05) is 92.4 Å². The first-order chi connectivity index (χ1) is 19.8. The van der Waals surface area contributed by atoms with Crippen LogP contribution in [0.25, 0.3) is 0 Å². The highest BCUT2D eigenvalue weighted by atomic mass is 32.2. The van der Waals surface area contributed by atoms with Crippen LogP contribution in [0.15, 0.2) is 89.8 Å². The number of hydrogen-bond donors (Lipinski definition) is 1. The molecule has 3 aromatic carbocycles. The molecular weight excluding hydrogens is 534 g/mol. The fourth-order valence-electron chi connectivity index (χ4n) is 5.40. The lowest BCUT2D eigenvalue weighted by molar-refractivity contribution is -0.140. The van der Waals surface area contributed by atoms with Gasteiger partial charge >= 0.3 is 0 Å². The molecule has 0 heterocycles. The molecule has 218 valence electrons. The smallest absolute Gasteiger partial charge is 0.264 e. The Hall–Kier alpha value is -3.65. The Bertz CT molecular complexity index is 1370. The molecule has 0 saturated heterocycles. The Morgan fingerprint density at radius 1 is 0.878 bits per heavy atom. The molecule has 1 atom stereocenters. The molecular formula is C33H41N3O4S. The zero-order valence-corrected chi connectivity index (χ0v) is 24.9. The van der Waals surface area contributed by atoms with E-state index in [1.165, 1.54) is 18.6 Å². The number of hydrogen-bond acceptors (Lipinski definition) is 4. The van der Waals surface area contributed by atoms with Crippen LogP contribution in [0.4, 0.5) is 5.69 Å². The maximum absolute atomic E-state index is 14.1. The van der Waals surface area contributed by atoms with Crippen molar-refractivity contribution in [1.82, 2.24) is 10.2 Å². The molecule has 1 fully saturated rings. The average Bonchev–Trinajstić information content (AvgIpc) is 2.99. The van der Waals surface area contributed by atoms with Crippen LogP contribution in [-0.4, -0.2) is 50.3 Å². The SMILES string of the molecule is CC[C@@H](C(=O)NC1CCCCC1)N(CCc1ccccc1)C(=O)CN(c1ccc(C)cc1)S(=O)(=O)c1ccccc1. The van der Waals surface area contributed by atoms with Gasteiger partial charge in [-0.25, -0.2) is 8.42 Å². The molecule has 0 radical (unpaired) electrons. The summed E-state index contributed by atoms with van der Waals surface area (Å²) in [5.74, 6) is -0.583. The monoisotopic (exact) mass is 575 g/mol. The quantitative estimate of drug-likeness (QED) is 0.310. The molecule has 2 amide bonds. The number of anilines is 1. The van der Waals surface area contributed by atoms with Crippen LogP contribution in [-0.2, 0) is 26.0 Å². The van der Waals surface area contributed by atoms with Crippen LogP contribution >= 0.6 is 0 Å². The molecule has 1 N–H and O–H groups in total. The lowest BCUT2D eigenvalue weighted by Crippen LogP contribution is -2.54. The molecule has 0 aliphatic heterocycles. The molecule has 1 aliphatic carbocycles. The van der Waals surface area contributed by atoms with Crippen molar-refractivity contribution in [2.75, 3.05) is 17.4 Å². The van der Waals surface area contributed by atoms with E-state index in [1.54, 1.807) is 35.2 Å². The third-order valence-corrected chi connectivity index (χ3v) is 9.54. The number of rotatable bonds is 12. The topological polar surface area (TPSA) is 86.8 Å². The summed E-state index contributed by atoms with van der Waals surface area (Å²) in [5, 5.41) is 3.19. The first-order valence-corrected chi connectivity index (χ1v) is 16.0. The zero-order chi connectivity index (χ0) is 29.2. The van der Waals surface area contributed by atoms with Crippen molar-refractivity contribution in [2.45, 2.75) is 75.8 Å². The highest BCUT2D eigenvalue weighted by Gasteiger charge is 2.34. The molecule has 1 aliphatic rings. The predicted octanol–water partition coefficient (Wildman–Crippen LogP) is 5.49. The molecule has 4 rings (SSSR count). The number of amides is 2. The average molecular weight is 576 g/mol. The lowest BCUT2D eigenvalue weighted by Gasteiger charge is -2.34. The lowest BCUT2D eigenvalue weighted by atomic mass is 9.95. The molecule has 0 aromatic heterocycles. The van der Waals surface area contributed by atoms with Crippen molar-refractivity contribution in [3.63, 3.8) is 0 Å². The highest BCUT2D eigenvalue weighted by Crippen LogP contribution is 2.25. The molecule has 8 heteroatoms. The van der Waals surface area contributed by atoms with Gasteiger partial charge in [-0.2, -0.15) is 0 Å². The first kappa shape index (κ1) is 30.3. The van der Waals surface area contributed by atoms with E-state index >= 15 is 0 Å². The van der Waals surface area contributed by atoms with Gasteiger partial charge in [0.2, 0.25) is 11.8 Å². The zero-order valence-electron chi connectivity index (χ0n) is 24.0. The Balaban J connectivity index is 1.65. The first-order valence-electron chi connectivity index (χ1n) is 14.6. The minimum absolute atomic E-state index is 0.103. The molecule has 41 heavy (non-hydrogen) atoms. The normalized spacial score (nSPS) is 14.7. The summed E-state index contributed by atoms with van der Waals surface area (Å²) in [6.07, 6.45) is 6.20. The van der Waals surface area contributed by atoms with Gasteiger partial charge in [0.05, 0.1) is 10.6 Å². The van der Waals surface area contributed by atoms with Gasteiger partial charge in [0.25, 0.3) is 10.0 Å². The van der Waals surface area contributed by atoms with Gasteiger partial charge in [-0.15, -0.1) is 0 Å². The van der Waals surface area contributed by atoms with Gasteiger partial charge in [-0.3, -0.25) is 13.9 Å². The van der Waals surface area contributed by atoms with E-state index in [4.69, 9.17) is 0 Å². The number of benzene rings is 3. The van der Waals surface area contributed by atoms with Crippen molar-refractivity contribution >= 4 is 27.5 Å². The number of aryl methyl sites for hydroxylation is 1. The van der Waals surface area contributed by atoms with Gasteiger partial charge in [0, 0.05) is 12.6 Å². The van der Waals surface area contributed by atoms with Gasteiger partial charge in [-0.05, 0) is 62.4 Å². The Labute approximate surface area is 244 Å². The molecule has 0 spiro atoms. The second-order valence-electron chi connectivity index (χ2n) is 10.8. The molecule has 1 saturated carbocycles. The summed E-state index contributed by atoms with van der Waals surface area (Å²) >= 11 is 0. The summed E-state index contributed by atoms with van der Waals surface area (Å²) in [7, 11) is -4.05. The summed E-state index contributed by atoms with van der Waals surface area (Å²) in [6.45, 7) is 3.70. The Morgan fingerprint density at radius 3 is 2.10 bits per heavy atom. The van der Waals surface area contributed by atoms with E-state index in [2.05, 4.69) is 5.32 Å². The minimum Gasteiger partial charge on any atom is -0.352 e. The van der Waals surface area contributed by atoms with E-state index < -0.39 is 28.5 Å². The Morgan fingerprint density at radius 2 is 1.49 bits per heavy atom. The summed E-state index contributed by atoms with van der Waals surface area (Å²) in [5.41, 5.74) is 2.42. The van der Waals surface area contributed by atoms with Gasteiger partial charge in [0.15, 0.2) is 0 Å². The number of sulfonamides is 1.